The summed E-state index contributed by atoms with van der Waals surface area (Å²) in [7, 11) is -2.49. The van der Waals surface area contributed by atoms with Gasteiger partial charge in [0, 0.05) is 12.1 Å². The van der Waals surface area contributed by atoms with Crippen molar-refractivity contribution >= 4 is 27.1 Å². The lowest BCUT2D eigenvalue weighted by Gasteiger charge is -2.16. The van der Waals surface area contributed by atoms with Crippen LogP contribution in [-0.4, -0.2) is 32.1 Å². The van der Waals surface area contributed by atoms with Crippen molar-refractivity contribution in [3.63, 3.8) is 0 Å². The second-order valence-electron chi connectivity index (χ2n) is 6.47. The summed E-state index contributed by atoms with van der Waals surface area (Å²) >= 11 is 0. The van der Waals surface area contributed by atoms with Crippen LogP contribution in [-0.2, 0) is 26.1 Å². The number of hydrogen-bond donors (Lipinski definition) is 1. The Morgan fingerprint density at radius 3 is 2.62 bits per heavy atom. The number of rotatable bonds is 5. The van der Waals surface area contributed by atoms with Gasteiger partial charge in [-0.3, -0.25) is 9.36 Å². The number of aromatic nitrogens is 1. The summed E-state index contributed by atoms with van der Waals surface area (Å²) in [5, 5.41) is 0. The van der Waals surface area contributed by atoms with Gasteiger partial charge < -0.3 is 9.15 Å². The lowest BCUT2D eigenvalue weighted by molar-refractivity contribution is -0.141. The maximum Gasteiger partial charge on any atom is 0.420 e. The van der Waals surface area contributed by atoms with Crippen molar-refractivity contribution in [3.8, 4) is 0 Å². The molecular formula is C17H22N2O6S. The lowest BCUT2D eigenvalue weighted by Crippen LogP contribution is -2.34. The maximum atomic E-state index is 12.7. The third-order valence-electron chi connectivity index (χ3n) is 4.64. The summed E-state index contributed by atoms with van der Waals surface area (Å²) < 4.78 is 38.8. The normalized spacial score (nSPS) is 16.5. The molecule has 3 rings (SSSR count). The third-order valence-corrected chi connectivity index (χ3v) is 6.16. The predicted octanol–water partition coefficient (Wildman–Crippen LogP) is 1.77. The predicted molar refractivity (Wildman–Crippen MR) is 94.3 cm³/mol. The third kappa shape index (κ3) is 3.99. The highest BCUT2D eigenvalue weighted by atomic mass is 32.2. The minimum Gasteiger partial charge on any atom is -0.468 e. The highest BCUT2D eigenvalue weighted by Gasteiger charge is 2.23. The SMILES string of the molecule is COC(=O)Cn1c(=O)oc2cc(S(=O)(=O)NC3CCCCCC3)ccc21. The average molecular weight is 382 g/mol. The van der Waals surface area contributed by atoms with E-state index in [1.165, 1.54) is 25.3 Å². The molecule has 1 aromatic carbocycles. The van der Waals surface area contributed by atoms with Gasteiger partial charge in [-0.25, -0.2) is 17.9 Å². The molecule has 1 saturated carbocycles. The second kappa shape index (κ2) is 7.63. The molecule has 26 heavy (non-hydrogen) atoms. The molecule has 0 bridgehead atoms. The molecule has 1 aliphatic carbocycles. The molecule has 0 aliphatic heterocycles. The van der Waals surface area contributed by atoms with Crippen LogP contribution < -0.4 is 10.5 Å². The van der Waals surface area contributed by atoms with Crippen LogP contribution in [0.3, 0.4) is 0 Å². The molecule has 0 saturated heterocycles. The van der Waals surface area contributed by atoms with Gasteiger partial charge in [0.05, 0.1) is 17.5 Å². The van der Waals surface area contributed by atoms with Crippen LogP contribution in [0.15, 0.2) is 32.3 Å². The van der Waals surface area contributed by atoms with Gasteiger partial charge in [-0.05, 0) is 25.0 Å². The zero-order valence-electron chi connectivity index (χ0n) is 14.6. The molecule has 2 aromatic rings. The fraction of sp³-hybridized carbons (Fsp3) is 0.529. The quantitative estimate of drug-likeness (QED) is 0.624. The van der Waals surface area contributed by atoms with Gasteiger partial charge in [-0.1, -0.05) is 25.7 Å². The summed E-state index contributed by atoms with van der Waals surface area (Å²) in [6, 6.07) is 4.10. The molecule has 0 amide bonds. The summed E-state index contributed by atoms with van der Waals surface area (Å²) in [6.07, 6.45) is 5.93. The topological polar surface area (TPSA) is 108 Å². The monoisotopic (exact) mass is 382 g/mol. The maximum absolute atomic E-state index is 12.7. The number of methoxy groups -OCH3 is 1. The van der Waals surface area contributed by atoms with Gasteiger partial charge in [-0.15, -0.1) is 0 Å². The molecule has 0 radical (unpaired) electrons. The molecule has 1 heterocycles. The Labute approximate surface area is 151 Å². The van der Waals surface area contributed by atoms with Gasteiger partial charge in [0.25, 0.3) is 0 Å². The number of fused-ring (bicyclic) bond motifs is 1. The van der Waals surface area contributed by atoms with E-state index in [1.807, 2.05) is 0 Å². The highest BCUT2D eigenvalue weighted by Crippen LogP contribution is 2.22. The Morgan fingerprint density at radius 1 is 1.27 bits per heavy atom. The van der Waals surface area contributed by atoms with Gasteiger partial charge >= 0.3 is 11.7 Å². The molecule has 1 fully saturated rings. The van der Waals surface area contributed by atoms with E-state index in [0.717, 1.165) is 43.1 Å². The van der Waals surface area contributed by atoms with Crippen molar-refractivity contribution in [2.45, 2.75) is 56.0 Å². The Bertz CT molecular complexity index is 951. The minimum atomic E-state index is -3.71. The van der Waals surface area contributed by atoms with E-state index in [0.29, 0.717) is 5.52 Å². The smallest absolute Gasteiger partial charge is 0.420 e. The molecule has 1 aromatic heterocycles. The van der Waals surface area contributed by atoms with Crippen molar-refractivity contribution in [1.82, 2.24) is 9.29 Å². The largest absolute Gasteiger partial charge is 0.468 e. The van der Waals surface area contributed by atoms with Gasteiger partial charge in [-0.2, -0.15) is 0 Å². The molecule has 8 nitrogen and oxygen atoms in total. The van der Waals surface area contributed by atoms with Crippen molar-refractivity contribution in [2.24, 2.45) is 0 Å². The molecule has 142 valence electrons. The van der Waals surface area contributed by atoms with Crippen molar-refractivity contribution in [3.05, 3.63) is 28.7 Å². The number of esters is 1. The minimum absolute atomic E-state index is 0.0354. The van der Waals surface area contributed by atoms with Crippen molar-refractivity contribution < 1.29 is 22.4 Å². The average Bonchev–Trinajstić information content (AvgIpc) is 2.77. The Kier molecular flexibility index (Phi) is 5.47. The van der Waals surface area contributed by atoms with E-state index in [9.17, 15) is 18.0 Å². The number of ether oxygens (including phenoxy) is 1. The zero-order valence-corrected chi connectivity index (χ0v) is 15.4. The van der Waals surface area contributed by atoms with Crippen LogP contribution in [0.2, 0.25) is 0 Å². The standard InChI is InChI=1S/C17H22N2O6S/c1-24-16(20)11-19-14-9-8-13(10-15(14)25-17(19)21)26(22,23)18-12-6-4-2-3-5-7-12/h8-10,12,18H,2-7,11H2,1H3. The number of nitrogens with zero attached hydrogens (tertiary/aromatic N) is 1. The fourth-order valence-corrected chi connectivity index (χ4v) is 4.56. The lowest BCUT2D eigenvalue weighted by atomic mass is 10.1. The first-order valence-electron chi connectivity index (χ1n) is 8.63. The van der Waals surface area contributed by atoms with E-state index >= 15 is 0 Å². The van der Waals surface area contributed by atoms with Crippen molar-refractivity contribution in [2.75, 3.05) is 7.11 Å². The van der Waals surface area contributed by atoms with Crippen LogP contribution in [0, 0.1) is 0 Å². The molecule has 0 atom stereocenters. The highest BCUT2D eigenvalue weighted by molar-refractivity contribution is 7.89. The number of carbonyl (C=O) groups excluding carboxylic acids is 1. The summed E-state index contributed by atoms with van der Waals surface area (Å²) in [5.74, 6) is -1.33. The van der Waals surface area contributed by atoms with Crippen LogP contribution in [0.25, 0.3) is 11.1 Å². The van der Waals surface area contributed by atoms with E-state index in [2.05, 4.69) is 9.46 Å². The molecule has 0 unspecified atom stereocenters. The van der Waals surface area contributed by atoms with E-state index < -0.39 is 21.7 Å². The number of carbonyl (C=O) groups is 1. The van der Waals surface area contributed by atoms with Gasteiger partial charge in [0.1, 0.15) is 6.54 Å². The van der Waals surface area contributed by atoms with Crippen LogP contribution in [0.1, 0.15) is 38.5 Å². The number of sulfonamides is 1. The molecule has 1 N–H and O–H groups in total. The van der Waals surface area contributed by atoms with Gasteiger partial charge in [0.15, 0.2) is 5.58 Å². The second-order valence-corrected chi connectivity index (χ2v) is 8.18. The number of benzene rings is 1. The van der Waals surface area contributed by atoms with Crippen LogP contribution in [0.4, 0.5) is 0 Å². The Hall–Kier alpha value is -2.13. The summed E-state index contributed by atoms with van der Waals surface area (Å²) in [5.41, 5.74) is 0.455. The van der Waals surface area contributed by atoms with E-state index in [1.54, 1.807) is 0 Å². The summed E-state index contributed by atoms with van der Waals surface area (Å²) in [4.78, 5) is 23.4. The van der Waals surface area contributed by atoms with E-state index in [4.69, 9.17) is 4.42 Å². The van der Waals surface area contributed by atoms with Crippen LogP contribution in [0.5, 0.6) is 0 Å². The number of nitrogens with one attached hydrogen (secondary N) is 1. The first-order chi connectivity index (χ1) is 12.4. The molecule has 9 heteroatoms. The van der Waals surface area contributed by atoms with E-state index in [-0.39, 0.29) is 23.1 Å². The molecule has 1 aliphatic rings. The molecule has 0 spiro atoms. The van der Waals surface area contributed by atoms with Gasteiger partial charge in [0.2, 0.25) is 10.0 Å². The Balaban J connectivity index is 1.88. The Morgan fingerprint density at radius 2 is 1.96 bits per heavy atom. The van der Waals surface area contributed by atoms with Crippen molar-refractivity contribution in [1.29, 1.82) is 0 Å². The zero-order chi connectivity index (χ0) is 18.7. The first-order valence-corrected chi connectivity index (χ1v) is 10.1. The fourth-order valence-electron chi connectivity index (χ4n) is 3.24. The van der Waals surface area contributed by atoms with Crippen LogP contribution >= 0.6 is 0 Å². The molecular weight excluding hydrogens is 360 g/mol. The number of oxazole rings is 1. The number of hydrogen-bond acceptors (Lipinski definition) is 6. The summed E-state index contributed by atoms with van der Waals surface area (Å²) in [6.45, 7) is -0.297. The first kappa shape index (κ1) is 18.7.